The standard InChI is InChI=1S/C21H12Cl2F3N3OS3/c22-11-1-8-18-17(9-11)28-20(32-18)31-13-4-2-12(3-5-13)27-19(30)29-33-14-6-7-16(23)15(10-14)21(24,25)26/h1-10H,(H2,27,29,30). The van der Waals surface area contributed by atoms with E-state index in [4.69, 9.17) is 23.2 Å². The number of thiazole rings is 1. The van der Waals surface area contributed by atoms with Gasteiger partial charge in [-0.25, -0.2) is 9.78 Å². The van der Waals surface area contributed by atoms with Crippen molar-refractivity contribution in [2.24, 2.45) is 0 Å². The Labute approximate surface area is 209 Å². The van der Waals surface area contributed by atoms with Crippen molar-refractivity contribution in [3.8, 4) is 0 Å². The molecular formula is C21H12Cl2F3N3OS3. The fourth-order valence-electron chi connectivity index (χ4n) is 2.68. The summed E-state index contributed by atoms with van der Waals surface area (Å²) < 4.78 is 43.2. The molecule has 0 saturated heterocycles. The van der Waals surface area contributed by atoms with Crippen LogP contribution in [-0.4, -0.2) is 11.0 Å². The van der Waals surface area contributed by atoms with Crippen LogP contribution in [0.3, 0.4) is 0 Å². The number of nitrogens with zero attached hydrogens (tertiary/aromatic N) is 1. The Kier molecular flexibility index (Phi) is 7.30. The summed E-state index contributed by atoms with van der Waals surface area (Å²) in [5.74, 6) is 0. The lowest BCUT2D eigenvalue weighted by Gasteiger charge is -2.11. The molecule has 0 atom stereocenters. The van der Waals surface area contributed by atoms with Gasteiger partial charge in [-0.05, 0) is 72.6 Å². The zero-order chi connectivity index (χ0) is 23.6. The molecule has 0 spiro atoms. The summed E-state index contributed by atoms with van der Waals surface area (Å²) in [4.78, 5) is 17.8. The third-order valence-electron chi connectivity index (χ3n) is 4.15. The number of fused-ring (bicyclic) bond motifs is 1. The number of carbonyl (C=O) groups excluding carboxylic acids is 1. The smallest absolute Gasteiger partial charge is 0.307 e. The van der Waals surface area contributed by atoms with Crippen molar-refractivity contribution < 1.29 is 18.0 Å². The Morgan fingerprint density at radius 3 is 2.42 bits per heavy atom. The van der Waals surface area contributed by atoms with E-state index < -0.39 is 22.8 Å². The Morgan fingerprint density at radius 1 is 0.970 bits per heavy atom. The lowest BCUT2D eigenvalue weighted by atomic mass is 10.2. The maximum atomic E-state index is 13.0. The monoisotopic (exact) mass is 545 g/mol. The van der Waals surface area contributed by atoms with Crippen LogP contribution in [0.4, 0.5) is 23.7 Å². The Morgan fingerprint density at radius 2 is 1.70 bits per heavy atom. The number of urea groups is 1. The SMILES string of the molecule is O=C(NSc1ccc(Cl)c(C(F)(F)F)c1)Nc1ccc(Sc2nc3cc(Cl)ccc3s2)cc1. The highest BCUT2D eigenvalue weighted by Crippen LogP contribution is 2.37. The molecule has 0 aliphatic heterocycles. The summed E-state index contributed by atoms with van der Waals surface area (Å²) in [6, 6.07) is 15.5. The minimum atomic E-state index is -4.58. The number of carbonyl (C=O) groups is 1. The average molecular weight is 546 g/mol. The highest BCUT2D eigenvalue weighted by atomic mass is 35.5. The van der Waals surface area contributed by atoms with E-state index >= 15 is 0 Å². The summed E-state index contributed by atoms with van der Waals surface area (Å²) in [6.45, 7) is 0. The molecule has 3 aromatic carbocycles. The van der Waals surface area contributed by atoms with Crippen molar-refractivity contribution in [1.29, 1.82) is 0 Å². The quantitative estimate of drug-likeness (QED) is 0.246. The number of anilines is 1. The molecule has 0 radical (unpaired) electrons. The van der Waals surface area contributed by atoms with Gasteiger partial charge in [0.05, 0.1) is 20.8 Å². The molecule has 1 aromatic heterocycles. The van der Waals surface area contributed by atoms with Gasteiger partial charge in [0.2, 0.25) is 0 Å². The molecule has 1 heterocycles. The minimum absolute atomic E-state index is 0.200. The van der Waals surface area contributed by atoms with E-state index in [1.807, 2.05) is 30.3 Å². The van der Waals surface area contributed by atoms with E-state index in [0.29, 0.717) is 10.7 Å². The zero-order valence-electron chi connectivity index (χ0n) is 16.2. The van der Waals surface area contributed by atoms with Crippen molar-refractivity contribution in [3.05, 3.63) is 76.3 Å². The second-order valence-corrected chi connectivity index (χ2v) is 10.6. The molecule has 4 nitrogen and oxygen atoms in total. The maximum absolute atomic E-state index is 13.0. The zero-order valence-corrected chi connectivity index (χ0v) is 20.2. The van der Waals surface area contributed by atoms with Crippen LogP contribution >= 0.6 is 58.2 Å². The van der Waals surface area contributed by atoms with Gasteiger partial charge >= 0.3 is 12.2 Å². The van der Waals surface area contributed by atoms with E-state index in [1.54, 1.807) is 23.5 Å². The van der Waals surface area contributed by atoms with E-state index in [1.165, 1.54) is 17.8 Å². The van der Waals surface area contributed by atoms with Crippen molar-refractivity contribution in [1.82, 2.24) is 9.71 Å². The van der Waals surface area contributed by atoms with Gasteiger partial charge in [-0.1, -0.05) is 35.0 Å². The predicted molar refractivity (Wildman–Crippen MR) is 130 cm³/mol. The minimum Gasteiger partial charge on any atom is -0.307 e. The summed E-state index contributed by atoms with van der Waals surface area (Å²) in [6.07, 6.45) is -4.58. The van der Waals surface area contributed by atoms with Crippen molar-refractivity contribution >= 4 is 80.2 Å². The van der Waals surface area contributed by atoms with Crippen LogP contribution in [0.15, 0.2) is 74.8 Å². The number of hydrogen-bond donors (Lipinski definition) is 2. The first-order chi connectivity index (χ1) is 15.7. The largest absolute Gasteiger partial charge is 0.417 e. The number of amides is 2. The van der Waals surface area contributed by atoms with Crippen molar-refractivity contribution in [2.45, 2.75) is 20.3 Å². The normalized spacial score (nSPS) is 11.5. The first-order valence-electron chi connectivity index (χ1n) is 9.12. The third-order valence-corrected chi connectivity index (χ3v) is 7.60. The number of nitrogens with one attached hydrogen (secondary N) is 2. The molecule has 4 aromatic rings. The maximum Gasteiger partial charge on any atom is 0.417 e. The molecule has 0 aliphatic rings. The summed E-state index contributed by atoms with van der Waals surface area (Å²) in [7, 11) is 0. The van der Waals surface area contributed by atoms with Gasteiger partial charge in [-0.15, -0.1) is 11.3 Å². The molecule has 0 fully saturated rings. The van der Waals surface area contributed by atoms with Gasteiger partial charge < -0.3 is 5.32 Å². The summed E-state index contributed by atoms with van der Waals surface area (Å²) in [5.41, 5.74) is 0.409. The van der Waals surface area contributed by atoms with Crippen LogP contribution in [-0.2, 0) is 6.18 Å². The molecule has 0 bridgehead atoms. The van der Waals surface area contributed by atoms with Crippen LogP contribution in [0.2, 0.25) is 10.0 Å². The molecule has 12 heteroatoms. The van der Waals surface area contributed by atoms with Crippen molar-refractivity contribution in [3.63, 3.8) is 0 Å². The van der Waals surface area contributed by atoms with Crippen LogP contribution in [0.1, 0.15) is 5.56 Å². The van der Waals surface area contributed by atoms with Gasteiger partial charge in [0.15, 0.2) is 4.34 Å². The average Bonchev–Trinajstić information content (AvgIpc) is 3.15. The molecule has 170 valence electrons. The summed E-state index contributed by atoms with van der Waals surface area (Å²) in [5, 5.41) is 2.86. The molecule has 0 unspecified atom stereocenters. The molecule has 2 amide bonds. The number of hydrogen-bond acceptors (Lipinski definition) is 5. The highest BCUT2D eigenvalue weighted by Gasteiger charge is 2.33. The first-order valence-corrected chi connectivity index (χ1v) is 12.3. The third kappa shape index (κ3) is 6.27. The molecule has 0 aliphatic carbocycles. The number of rotatable bonds is 5. The van der Waals surface area contributed by atoms with Gasteiger partial charge in [-0.3, -0.25) is 4.72 Å². The van der Waals surface area contributed by atoms with Crippen LogP contribution in [0.5, 0.6) is 0 Å². The number of halogens is 5. The number of alkyl halides is 3. The number of aromatic nitrogens is 1. The molecular weight excluding hydrogens is 534 g/mol. The van der Waals surface area contributed by atoms with E-state index in [-0.39, 0.29) is 4.90 Å². The Bertz CT molecular complexity index is 1310. The predicted octanol–water partition coefficient (Wildman–Crippen LogP) is 8.60. The van der Waals surface area contributed by atoms with E-state index in [9.17, 15) is 18.0 Å². The van der Waals surface area contributed by atoms with Gasteiger partial charge in [-0.2, -0.15) is 13.2 Å². The molecule has 0 saturated carbocycles. The second-order valence-electron chi connectivity index (χ2n) is 6.52. The Hall–Kier alpha value is -2.11. The lowest BCUT2D eigenvalue weighted by molar-refractivity contribution is -0.137. The van der Waals surface area contributed by atoms with Crippen LogP contribution in [0.25, 0.3) is 10.2 Å². The number of benzene rings is 3. The van der Waals surface area contributed by atoms with Crippen LogP contribution < -0.4 is 10.0 Å². The molecule has 2 N–H and O–H groups in total. The van der Waals surface area contributed by atoms with Gasteiger partial charge in [0, 0.05) is 20.5 Å². The van der Waals surface area contributed by atoms with Gasteiger partial charge in [0.1, 0.15) is 0 Å². The molecule has 33 heavy (non-hydrogen) atoms. The van der Waals surface area contributed by atoms with Gasteiger partial charge in [0.25, 0.3) is 0 Å². The fraction of sp³-hybridized carbons (Fsp3) is 0.0476. The van der Waals surface area contributed by atoms with E-state index in [0.717, 1.165) is 43.5 Å². The van der Waals surface area contributed by atoms with E-state index in [2.05, 4.69) is 15.0 Å². The Balaban J connectivity index is 1.33. The first kappa shape index (κ1) is 24.0. The van der Waals surface area contributed by atoms with Crippen molar-refractivity contribution in [2.75, 3.05) is 5.32 Å². The molecule has 4 rings (SSSR count). The highest BCUT2D eigenvalue weighted by molar-refractivity contribution is 8.01. The second kappa shape index (κ2) is 10.0. The lowest BCUT2D eigenvalue weighted by Crippen LogP contribution is -2.22. The fourth-order valence-corrected chi connectivity index (χ4v) is 5.66. The summed E-state index contributed by atoms with van der Waals surface area (Å²) >= 11 is 15.4. The van der Waals surface area contributed by atoms with Crippen LogP contribution in [0, 0.1) is 0 Å². The topological polar surface area (TPSA) is 54.0 Å².